The van der Waals surface area contributed by atoms with Gasteiger partial charge in [-0.15, -0.1) is 11.3 Å². The number of methoxy groups -OCH3 is 1. The number of thiocarbonyl (C=S) groups is 1. The number of anilines is 1. The van der Waals surface area contributed by atoms with E-state index in [1.54, 1.807) is 0 Å². The molecule has 1 unspecified atom stereocenters. The highest BCUT2D eigenvalue weighted by Gasteiger charge is 2.23. The number of nitrogens with one attached hydrogen (secondary N) is 2. The Morgan fingerprint density at radius 3 is 2.68 bits per heavy atom. The quantitative estimate of drug-likeness (QED) is 0.611. The Morgan fingerprint density at radius 1 is 1.48 bits per heavy atom. The van der Waals surface area contributed by atoms with Gasteiger partial charge in [0, 0.05) is 23.2 Å². The summed E-state index contributed by atoms with van der Waals surface area (Å²) in [5.74, 6) is -0.345. The number of esters is 1. The Hall–Kier alpha value is -1.93. The van der Waals surface area contributed by atoms with E-state index in [0.717, 1.165) is 28.1 Å². The Morgan fingerprint density at radius 2 is 2.16 bits per heavy atom. The first kappa shape index (κ1) is 19.4. The average Bonchev–Trinajstić information content (AvgIpc) is 3.06. The number of thiophene rings is 1. The Bertz CT molecular complexity index is 795. The normalized spacial score (nSPS) is 11.9. The molecule has 2 aromatic rings. The number of carbonyl (C=O) groups excluding carboxylic acids is 1. The number of ether oxygens (including phenoxy) is 1. The fraction of sp³-hybridized carbons (Fsp3) is 0.471. The van der Waals surface area contributed by atoms with Gasteiger partial charge in [-0.05, 0) is 45.0 Å². The third kappa shape index (κ3) is 4.01. The van der Waals surface area contributed by atoms with Crippen LogP contribution in [-0.4, -0.2) is 28.0 Å². The summed E-state index contributed by atoms with van der Waals surface area (Å²) >= 11 is 6.95. The third-order valence-electron chi connectivity index (χ3n) is 4.27. The van der Waals surface area contributed by atoms with Crippen LogP contribution in [0.5, 0.6) is 0 Å². The van der Waals surface area contributed by atoms with Gasteiger partial charge in [0.05, 0.1) is 24.9 Å². The summed E-state index contributed by atoms with van der Waals surface area (Å²) in [6, 6.07) is 0.00183. The molecule has 0 radical (unpaired) electrons. The van der Waals surface area contributed by atoms with Crippen LogP contribution in [0.2, 0.25) is 0 Å². The van der Waals surface area contributed by atoms with Crippen LogP contribution in [-0.2, 0) is 18.2 Å². The molecule has 0 aliphatic carbocycles. The third-order valence-corrected chi connectivity index (χ3v) is 5.55. The molecule has 0 bridgehead atoms. The van der Waals surface area contributed by atoms with Crippen LogP contribution in [0.1, 0.15) is 51.9 Å². The molecule has 25 heavy (non-hydrogen) atoms. The van der Waals surface area contributed by atoms with E-state index in [-0.39, 0.29) is 12.0 Å². The molecule has 0 spiro atoms. The van der Waals surface area contributed by atoms with Crippen molar-refractivity contribution in [3.63, 3.8) is 0 Å². The summed E-state index contributed by atoms with van der Waals surface area (Å²) < 4.78 is 6.77. The average molecular weight is 381 g/mol. The highest BCUT2D eigenvalue weighted by atomic mass is 32.1. The largest absolute Gasteiger partial charge is 0.465 e. The van der Waals surface area contributed by atoms with E-state index in [4.69, 9.17) is 17.0 Å². The maximum atomic E-state index is 12.2. The van der Waals surface area contributed by atoms with Gasteiger partial charge < -0.3 is 15.4 Å². The second kappa shape index (κ2) is 7.97. The van der Waals surface area contributed by atoms with Crippen LogP contribution >= 0.6 is 23.6 Å². The van der Waals surface area contributed by atoms with Gasteiger partial charge in [-0.1, -0.05) is 6.92 Å². The zero-order valence-corrected chi connectivity index (χ0v) is 17.0. The lowest BCUT2D eigenvalue weighted by Gasteiger charge is -2.17. The molecule has 2 rings (SSSR count). The molecule has 2 heterocycles. The molecule has 1 atom stereocenters. The molecule has 0 aliphatic heterocycles. The molecule has 6 nitrogen and oxygen atoms in total. The van der Waals surface area contributed by atoms with Crippen molar-refractivity contribution < 1.29 is 9.53 Å². The highest BCUT2D eigenvalue weighted by Crippen LogP contribution is 2.34. The minimum absolute atomic E-state index is 0.00183. The number of carbonyl (C=O) groups is 1. The summed E-state index contributed by atoms with van der Waals surface area (Å²) in [6.07, 6.45) is 2.60. The number of aromatic nitrogens is 2. The fourth-order valence-electron chi connectivity index (χ4n) is 2.76. The Balaban J connectivity index is 2.18. The van der Waals surface area contributed by atoms with Crippen LogP contribution < -0.4 is 10.6 Å². The molecule has 136 valence electrons. The molecule has 0 amide bonds. The summed E-state index contributed by atoms with van der Waals surface area (Å²) in [5, 5.41) is 11.8. The van der Waals surface area contributed by atoms with E-state index < -0.39 is 0 Å². The molecule has 0 fully saturated rings. The van der Waals surface area contributed by atoms with Gasteiger partial charge in [0.25, 0.3) is 0 Å². The second-order valence-corrected chi connectivity index (χ2v) is 7.45. The zero-order chi connectivity index (χ0) is 18.7. The van der Waals surface area contributed by atoms with Crippen LogP contribution in [0, 0.1) is 13.8 Å². The first-order valence-corrected chi connectivity index (χ1v) is 9.29. The van der Waals surface area contributed by atoms with Crippen LogP contribution in [0.4, 0.5) is 5.00 Å². The zero-order valence-electron chi connectivity index (χ0n) is 15.4. The van der Waals surface area contributed by atoms with E-state index in [0.29, 0.717) is 15.7 Å². The molecule has 0 saturated carbocycles. The van der Waals surface area contributed by atoms with Gasteiger partial charge in [0.1, 0.15) is 5.00 Å². The summed E-state index contributed by atoms with van der Waals surface area (Å²) in [4.78, 5) is 13.3. The molecule has 0 aliphatic rings. The first-order chi connectivity index (χ1) is 11.8. The van der Waals surface area contributed by atoms with E-state index in [2.05, 4.69) is 15.7 Å². The van der Waals surface area contributed by atoms with Gasteiger partial charge in [0.15, 0.2) is 5.11 Å². The monoisotopic (exact) mass is 380 g/mol. The van der Waals surface area contributed by atoms with Crippen molar-refractivity contribution in [3.8, 4) is 0 Å². The maximum Gasteiger partial charge on any atom is 0.341 e. The summed E-state index contributed by atoms with van der Waals surface area (Å²) in [6.45, 7) is 8.06. The van der Waals surface area contributed by atoms with Crippen molar-refractivity contribution in [2.45, 2.75) is 40.2 Å². The van der Waals surface area contributed by atoms with Crippen LogP contribution in [0.3, 0.4) is 0 Å². The highest BCUT2D eigenvalue weighted by molar-refractivity contribution is 7.80. The van der Waals surface area contributed by atoms with Gasteiger partial charge >= 0.3 is 5.97 Å². The number of aryl methyl sites for hydroxylation is 2. The molecule has 2 N–H and O–H groups in total. The Labute approximate surface area is 157 Å². The van der Waals surface area contributed by atoms with E-state index in [9.17, 15) is 4.79 Å². The number of hydrogen-bond donors (Lipinski definition) is 2. The Kier molecular flexibility index (Phi) is 6.18. The van der Waals surface area contributed by atoms with E-state index in [1.165, 1.54) is 18.4 Å². The number of hydrogen-bond acceptors (Lipinski definition) is 5. The fourth-order valence-corrected chi connectivity index (χ4v) is 4.25. The van der Waals surface area contributed by atoms with Crippen molar-refractivity contribution in [2.24, 2.45) is 7.05 Å². The lowest BCUT2D eigenvalue weighted by atomic mass is 10.1. The topological polar surface area (TPSA) is 68.2 Å². The standard InChI is InChI=1S/C17H24N4O2S2/c1-7-12-11(4)25-15(14(12)16(22)23-6)20-17(24)19-9(2)13-8-18-21(5)10(13)3/h8-9H,7H2,1-6H3,(H2,19,20,24). The van der Waals surface area contributed by atoms with E-state index in [1.807, 2.05) is 45.6 Å². The maximum absolute atomic E-state index is 12.2. The minimum Gasteiger partial charge on any atom is -0.465 e. The smallest absolute Gasteiger partial charge is 0.341 e. The van der Waals surface area contributed by atoms with Crippen molar-refractivity contribution in [3.05, 3.63) is 33.5 Å². The van der Waals surface area contributed by atoms with Crippen molar-refractivity contribution in [2.75, 3.05) is 12.4 Å². The molecular formula is C17H24N4O2S2. The van der Waals surface area contributed by atoms with Crippen LogP contribution in [0.15, 0.2) is 6.20 Å². The summed E-state index contributed by atoms with van der Waals surface area (Å²) in [5.41, 5.74) is 3.73. The minimum atomic E-state index is -0.345. The first-order valence-electron chi connectivity index (χ1n) is 8.06. The van der Waals surface area contributed by atoms with E-state index >= 15 is 0 Å². The van der Waals surface area contributed by atoms with Crippen molar-refractivity contribution >= 4 is 39.6 Å². The molecular weight excluding hydrogens is 356 g/mol. The predicted octanol–water partition coefficient (Wildman–Crippen LogP) is 3.50. The predicted molar refractivity (Wildman–Crippen MR) is 105 cm³/mol. The number of rotatable bonds is 5. The molecule has 8 heteroatoms. The lowest BCUT2D eigenvalue weighted by Crippen LogP contribution is -2.31. The van der Waals surface area contributed by atoms with Gasteiger partial charge in [-0.3, -0.25) is 4.68 Å². The van der Waals surface area contributed by atoms with Crippen molar-refractivity contribution in [1.29, 1.82) is 0 Å². The summed E-state index contributed by atoms with van der Waals surface area (Å²) in [7, 11) is 3.30. The molecule has 0 aromatic carbocycles. The molecule has 2 aromatic heterocycles. The number of nitrogens with zero attached hydrogens (tertiary/aromatic N) is 2. The second-order valence-electron chi connectivity index (χ2n) is 5.82. The van der Waals surface area contributed by atoms with Crippen molar-refractivity contribution in [1.82, 2.24) is 15.1 Å². The van der Waals surface area contributed by atoms with Gasteiger partial charge in [-0.2, -0.15) is 5.10 Å². The SMILES string of the molecule is CCc1c(C)sc(NC(=S)NC(C)c2cnn(C)c2C)c1C(=O)OC. The van der Waals surface area contributed by atoms with Gasteiger partial charge in [0.2, 0.25) is 0 Å². The van der Waals surface area contributed by atoms with Crippen LogP contribution in [0.25, 0.3) is 0 Å². The van der Waals surface area contributed by atoms with Gasteiger partial charge in [-0.25, -0.2) is 4.79 Å². The lowest BCUT2D eigenvalue weighted by molar-refractivity contribution is 0.0601. The molecule has 0 saturated heterocycles.